The Bertz CT molecular complexity index is 1470. The van der Waals surface area contributed by atoms with Gasteiger partial charge < -0.3 is 62.6 Å². The molecule has 16 heteroatoms. The zero-order valence-corrected chi connectivity index (χ0v) is 25.7. The third-order valence-electron chi connectivity index (χ3n) is 8.53. The molecule has 6 rings (SSSR count). The molecule has 2 aromatic carbocycles. The Morgan fingerprint density at radius 1 is 0.911 bits per heavy atom. The number of benzene rings is 2. The molecule has 4 aliphatic rings. The molecule has 45 heavy (non-hydrogen) atoms. The molecule has 3 aliphatic heterocycles. The highest BCUT2D eigenvalue weighted by Crippen LogP contribution is 2.56. The zero-order chi connectivity index (χ0) is 32.2. The van der Waals surface area contributed by atoms with Crippen LogP contribution >= 0.6 is 7.60 Å². The highest BCUT2D eigenvalue weighted by molar-refractivity contribution is 7.60. The highest BCUT2D eigenvalue weighted by Gasteiger charge is 2.54. The number of methoxy groups -OCH3 is 2. The van der Waals surface area contributed by atoms with Gasteiger partial charge in [-0.1, -0.05) is 0 Å². The number of ether oxygens (including phenoxy) is 9. The normalized spacial score (nSPS) is 29.6. The van der Waals surface area contributed by atoms with Gasteiger partial charge in [0.2, 0.25) is 19.4 Å². The van der Waals surface area contributed by atoms with Gasteiger partial charge in [0.05, 0.1) is 45.6 Å². The number of aliphatic hydroxyl groups excluding tert-OH is 1. The van der Waals surface area contributed by atoms with Crippen molar-refractivity contribution in [3.8, 4) is 23.0 Å². The predicted octanol–water partition coefficient (Wildman–Crippen LogP) is 1.03. The van der Waals surface area contributed by atoms with Crippen LogP contribution in [0.1, 0.15) is 42.6 Å². The van der Waals surface area contributed by atoms with E-state index in [0.29, 0.717) is 28.2 Å². The van der Waals surface area contributed by atoms with Crippen molar-refractivity contribution in [1.82, 2.24) is 0 Å². The van der Waals surface area contributed by atoms with Gasteiger partial charge >= 0.3 is 13.6 Å². The Hall–Kier alpha value is -2.98. The van der Waals surface area contributed by atoms with Crippen molar-refractivity contribution in [2.24, 2.45) is 11.8 Å². The predicted molar refractivity (Wildman–Crippen MR) is 150 cm³/mol. The third kappa shape index (κ3) is 5.88. The molecule has 1 aliphatic carbocycles. The van der Waals surface area contributed by atoms with Crippen molar-refractivity contribution in [2.75, 3.05) is 34.2 Å². The van der Waals surface area contributed by atoms with Crippen molar-refractivity contribution >= 4 is 18.9 Å². The van der Waals surface area contributed by atoms with Crippen molar-refractivity contribution in [3.63, 3.8) is 0 Å². The molecular formula is C29H35O15P. The van der Waals surface area contributed by atoms with Gasteiger partial charge in [-0.15, -0.1) is 0 Å². The van der Waals surface area contributed by atoms with E-state index in [2.05, 4.69) is 0 Å². The summed E-state index contributed by atoms with van der Waals surface area (Å²) >= 11 is 0. The van der Waals surface area contributed by atoms with E-state index in [-0.39, 0.29) is 31.5 Å². The second-order valence-corrected chi connectivity index (χ2v) is 12.7. The summed E-state index contributed by atoms with van der Waals surface area (Å²) in [5.41, 5.74) is 1.53. The fourth-order valence-electron chi connectivity index (χ4n) is 6.50. The van der Waals surface area contributed by atoms with Crippen LogP contribution in [0.15, 0.2) is 24.3 Å². The van der Waals surface area contributed by atoms with E-state index in [0.717, 1.165) is 0 Å². The summed E-state index contributed by atoms with van der Waals surface area (Å²) in [6.07, 6.45) is -6.19. The zero-order valence-electron chi connectivity index (χ0n) is 24.9. The summed E-state index contributed by atoms with van der Waals surface area (Å²) in [6, 6.07) is 6.31. The van der Waals surface area contributed by atoms with Gasteiger partial charge in [-0.05, 0) is 54.8 Å². The van der Waals surface area contributed by atoms with E-state index in [4.69, 9.17) is 42.6 Å². The van der Waals surface area contributed by atoms with Gasteiger partial charge in [-0.3, -0.25) is 9.36 Å². The molecule has 2 aromatic rings. The van der Waals surface area contributed by atoms with Gasteiger partial charge in [-0.2, -0.15) is 0 Å². The Kier molecular flexibility index (Phi) is 8.76. The minimum absolute atomic E-state index is 0.0406. The fraction of sp³-hybridized carbons (Fsp3) is 0.552. The number of hydrogen-bond acceptors (Lipinski definition) is 13. The molecule has 0 saturated carbocycles. The lowest BCUT2D eigenvalue weighted by atomic mass is 9.66. The third-order valence-corrected chi connectivity index (χ3v) is 9.55. The number of carbonyl (C=O) groups is 1. The summed E-state index contributed by atoms with van der Waals surface area (Å²) in [7, 11) is -2.30. The second kappa shape index (κ2) is 12.3. The van der Waals surface area contributed by atoms with E-state index >= 15 is 0 Å². The van der Waals surface area contributed by atoms with E-state index in [1.54, 1.807) is 26.0 Å². The number of fused-ring (bicyclic) bond motifs is 3. The number of esters is 1. The first-order chi connectivity index (χ1) is 21.4. The average molecular weight is 655 g/mol. The second-order valence-electron chi connectivity index (χ2n) is 11.2. The first-order valence-electron chi connectivity index (χ1n) is 14.3. The maximum absolute atomic E-state index is 13.4. The topological polar surface area (TPSA) is 198 Å². The lowest BCUT2D eigenvalue weighted by Gasteiger charge is -2.41. The van der Waals surface area contributed by atoms with Crippen molar-refractivity contribution in [2.45, 2.75) is 56.9 Å². The monoisotopic (exact) mass is 654 g/mol. The van der Waals surface area contributed by atoms with Crippen LogP contribution in [-0.4, -0.2) is 91.3 Å². The van der Waals surface area contributed by atoms with Crippen LogP contribution in [0.2, 0.25) is 0 Å². The maximum atomic E-state index is 13.4. The Labute approximate surface area is 257 Å². The van der Waals surface area contributed by atoms with Crippen LogP contribution in [0.3, 0.4) is 0 Å². The summed E-state index contributed by atoms with van der Waals surface area (Å²) in [4.78, 5) is 33.5. The molecule has 2 saturated heterocycles. The Morgan fingerprint density at radius 3 is 2.13 bits per heavy atom. The molecule has 3 heterocycles. The summed E-state index contributed by atoms with van der Waals surface area (Å²) in [5, 5.41) is 20.2. The minimum Gasteiger partial charge on any atom is -0.496 e. The molecule has 0 spiro atoms. The van der Waals surface area contributed by atoms with Gasteiger partial charge in [0.1, 0.15) is 22.9 Å². The summed E-state index contributed by atoms with van der Waals surface area (Å²) < 4.78 is 63.4. The molecule has 0 radical (unpaired) electrons. The molecule has 0 aromatic heterocycles. The van der Waals surface area contributed by atoms with Crippen molar-refractivity contribution in [1.29, 1.82) is 0 Å². The average Bonchev–Trinajstić information content (AvgIpc) is 3.61. The van der Waals surface area contributed by atoms with Crippen LogP contribution < -0.4 is 24.3 Å². The van der Waals surface area contributed by atoms with E-state index in [1.165, 1.54) is 26.4 Å². The number of cyclic esters (lactones) is 1. The van der Waals surface area contributed by atoms with Gasteiger partial charge in [-0.25, -0.2) is 0 Å². The van der Waals surface area contributed by atoms with Crippen molar-refractivity contribution in [3.05, 3.63) is 41.0 Å². The first kappa shape index (κ1) is 32.0. The molecule has 4 N–H and O–H groups in total. The number of aliphatic hydroxyl groups is 2. The van der Waals surface area contributed by atoms with Crippen LogP contribution in [0.25, 0.3) is 0 Å². The molecule has 246 valence electrons. The molecule has 6 unspecified atom stereocenters. The van der Waals surface area contributed by atoms with Gasteiger partial charge in [0.15, 0.2) is 17.8 Å². The maximum Gasteiger partial charge on any atom is 0.363 e. The fourth-order valence-corrected chi connectivity index (χ4v) is 7.39. The first-order valence-corrected chi connectivity index (χ1v) is 15.9. The van der Waals surface area contributed by atoms with E-state index in [1.807, 2.05) is 0 Å². The van der Waals surface area contributed by atoms with E-state index in [9.17, 15) is 29.4 Å². The molecule has 0 bridgehead atoms. The lowest BCUT2D eigenvalue weighted by molar-refractivity contribution is -0.330. The van der Waals surface area contributed by atoms with Crippen LogP contribution in [0, 0.1) is 11.8 Å². The Morgan fingerprint density at radius 2 is 1.56 bits per heavy atom. The van der Waals surface area contributed by atoms with Crippen LogP contribution in [0.5, 0.6) is 23.0 Å². The highest BCUT2D eigenvalue weighted by atomic mass is 31.2. The van der Waals surface area contributed by atoms with Gasteiger partial charge in [0, 0.05) is 11.8 Å². The largest absolute Gasteiger partial charge is 0.496 e. The summed E-state index contributed by atoms with van der Waals surface area (Å²) in [6.45, 7) is 3.53. The number of carbonyl (C=O) groups excluding carboxylic acids is 1. The van der Waals surface area contributed by atoms with Crippen molar-refractivity contribution < 1.29 is 72.0 Å². The van der Waals surface area contributed by atoms with Crippen LogP contribution in [-0.2, 0) is 33.0 Å². The molecule has 8 atom stereocenters. The molecular weight excluding hydrogens is 619 g/mol. The molecule has 0 amide bonds. The number of rotatable bonds is 9. The SMILES string of the molecule is COc1cc([C@@H]2c3cc4c(cc3C(OC(OC3COC(C)OC3C)C(O)O)C3COC(=O)[C@@H]32)OCO4)cc(OC)c1P(=O)(O)O. The smallest absolute Gasteiger partial charge is 0.363 e. The van der Waals surface area contributed by atoms with Gasteiger partial charge in [0.25, 0.3) is 0 Å². The minimum atomic E-state index is -4.83. The standard InChI is InChI=1S/C29H35O15P/c1-12-22(10-38-13(2)42-12)43-29(27(30)31)44-25-16-8-19-18(40-11-41-19)7-15(16)23(24-17(25)9-39-28(24)32)14-5-20(36-3)26(45(33,34)35)21(6-14)37-4/h5-8,12-13,17,22-25,27,29-31H,9-11H2,1-4H3,(H2,33,34,35)/t12?,13?,17?,22?,23-,24+,25?,29?/m1/s1. The van der Waals surface area contributed by atoms with E-state index < -0.39 is 73.8 Å². The Balaban J connectivity index is 1.46. The van der Waals surface area contributed by atoms with Crippen LogP contribution in [0.4, 0.5) is 0 Å². The summed E-state index contributed by atoms with van der Waals surface area (Å²) in [5.74, 6) is -2.26. The number of hydrogen-bond donors (Lipinski definition) is 4. The molecule has 2 fully saturated rings. The quantitative estimate of drug-likeness (QED) is 0.170. The lowest BCUT2D eigenvalue weighted by Crippen LogP contribution is -2.48. The molecule has 15 nitrogen and oxygen atoms in total.